The molecule has 16 heavy (non-hydrogen) atoms. The Kier molecular flexibility index (Phi) is 3.93. The van der Waals surface area contributed by atoms with E-state index < -0.39 is 10.0 Å². The molecule has 0 saturated carbocycles. The lowest BCUT2D eigenvalue weighted by Gasteiger charge is -2.12. The first-order valence-corrected chi connectivity index (χ1v) is 6.68. The number of benzene rings is 1. The summed E-state index contributed by atoms with van der Waals surface area (Å²) in [7, 11) is -3.65. The van der Waals surface area contributed by atoms with Crippen LogP contribution in [0.1, 0.15) is 24.5 Å². The summed E-state index contributed by atoms with van der Waals surface area (Å²) in [4.78, 5) is 0.161. The minimum Gasteiger partial charge on any atom is -0.493 e. The van der Waals surface area contributed by atoms with E-state index >= 15 is 0 Å². The van der Waals surface area contributed by atoms with Crippen molar-refractivity contribution in [3.63, 3.8) is 0 Å². The second-order valence-corrected chi connectivity index (χ2v) is 5.24. The van der Waals surface area contributed by atoms with Crippen molar-refractivity contribution < 1.29 is 13.2 Å². The van der Waals surface area contributed by atoms with Crippen molar-refractivity contribution in [1.29, 1.82) is 0 Å². The van der Waals surface area contributed by atoms with Crippen molar-refractivity contribution in [2.24, 2.45) is 5.14 Å². The van der Waals surface area contributed by atoms with Gasteiger partial charge >= 0.3 is 0 Å². The molecule has 0 aromatic heterocycles. The topological polar surface area (TPSA) is 69.4 Å². The molecule has 0 fully saturated rings. The normalized spacial score (nSPS) is 11.5. The summed E-state index contributed by atoms with van der Waals surface area (Å²) >= 11 is 0. The van der Waals surface area contributed by atoms with E-state index in [9.17, 15) is 8.42 Å². The van der Waals surface area contributed by atoms with Crippen LogP contribution < -0.4 is 9.88 Å². The van der Waals surface area contributed by atoms with Gasteiger partial charge in [0, 0.05) is 0 Å². The first-order chi connectivity index (χ1) is 7.38. The molecule has 0 aliphatic carbocycles. The van der Waals surface area contributed by atoms with Crippen LogP contribution >= 0.6 is 0 Å². The highest BCUT2D eigenvalue weighted by atomic mass is 32.2. The van der Waals surface area contributed by atoms with E-state index in [-0.39, 0.29) is 4.90 Å². The summed E-state index contributed by atoms with van der Waals surface area (Å²) < 4.78 is 28.0. The molecule has 0 unspecified atom stereocenters. The zero-order chi connectivity index (χ0) is 12.3. The van der Waals surface area contributed by atoms with Gasteiger partial charge in [-0.1, -0.05) is 6.92 Å². The van der Waals surface area contributed by atoms with Gasteiger partial charge < -0.3 is 4.74 Å². The Morgan fingerprint density at radius 1 is 1.25 bits per heavy atom. The fourth-order valence-electron chi connectivity index (χ4n) is 1.45. The monoisotopic (exact) mass is 243 g/mol. The lowest BCUT2D eigenvalue weighted by molar-refractivity contribution is 0.315. The maximum Gasteiger partial charge on any atom is 0.238 e. The summed E-state index contributed by atoms with van der Waals surface area (Å²) in [5.41, 5.74) is 1.47. The Morgan fingerprint density at radius 3 is 2.38 bits per heavy atom. The van der Waals surface area contributed by atoms with Gasteiger partial charge in [-0.2, -0.15) is 0 Å². The summed E-state index contributed by atoms with van der Waals surface area (Å²) in [6, 6.07) is 3.14. The van der Waals surface area contributed by atoms with Crippen LogP contribution in [0.2, 0.25) is 0 Å². The van der Waals surface area contributed by atoms with E-state index in [0.29, 0.717) is 17.9 Å². The molecule has 1 rings (SSSR count). The van der Waals surface area contributed by atoms with Gasteiger partial charge in [-0.05, 0) is 43.5 Å². The minimum atomic E-state index is -3.65. The number of rotatable bonds is 4. The third kappa shape index (κ3) is 2.74. The van der Waals surface area contributed by atoms with Crippen LogP contribution in [-0.4, -0.2) is 15.0 Å². The average molecular weight is 243 g/mol. The molecule has 1 aromatic carbocycles. The van der Waals surface area contributed by atoms with Gasteiger partial charge in [-0.15, -0.1) is 0 Å². The molecule has 0 heterocycles. The molecule has 0 radical (unpaired) electrons. The lowest BCUT2D eigenvalue weighted by atomic mass is 10.1. The molecular formula is C11H17NO3S. The second-order valence-electron chi connectivity index (χ2n) is 3.71. The molecule has 0 bridgehead atoms. The Hall–Kier alpha value is -1.07. The quantitative estimate of drug-likeness (QED) is 0.875. The highest BCUT2D eigenvalue weighted by Gasteiger charge is 2.15. The smallest absolute Gasteiger partial charge is 0.238 e. The van der Waals surface area contributed by atoms with Crippen molar-refractivity contribution in [3.05, 3.63) is 23.3 Å². The predicted molar refractivity (Wildman–Crippen MR) is 63.1 cm³/mol. The van der Waals surface area contributed by atoms with Crippen LogP contribution in [0.5, 0.6) is 5.75 Å². The largest absolute Gasteiger partial charge is 0.493 e. The molecule has 0 spiro atoms. The molecule has 0 saturated heterocycles. The van der Waals surface area contributed by atoms with Crippen molar-refractivity contribution in [2.75, 3.05) is 6.61 Å². The maximum atomic E-state index is 11.3. The zero-order valence-corrected chi connectivity index (χ0v) is 10.6. The number of primary sulfonamides is 1. The van der Waals surface area contributed by atoms with Crippen molar-refractivity contribution in [3.8, 4) is 5.75 Å². The van der Waals surface area contributed by atoms with Gasteiger partial charge in [0.1, 0.15) is 5.75 Å². The lowest BCUT2D eigenvalue weighted by Crippen LogP contribution is -2.14. The van der Waals surface area contributed by atoms with Crippen molar-refractivity contribution >= 4 is 10.0 Å². The number of hydrogen-bond donors (Lipinski definition) is 1. The molecule has 0 amide bonds. The van der Waals surface area contributed by atoms with Gasteiger partial charge in [0.25, 0.3) is 0 Å². The fraction of sp³-hybridized carbons (Fsp3) is 0.455. The van der Waals surface area contributed by atoms with Crippen LogP contribution in [0.15, 0.2) is 17.0 Å². The van der Waals surface area contributed by atoms with E-state index in [1.165, 1.54) is 6.07 Å². The number of sulfonamides is 1. The van der Waals surface area contributed by atoms with Crippen molar-refractivity contribution in [2.45, 2.75) is 32.1 Å². The van der Waals surface area contributed by atoms with Crippen LogP contribution in [0, 0.1) is 13.8 Å². The molecule has 5 heteroatoms. The molecule has 4 nitrogen and oxygen atoms in total. The Bertz CT molecular complexity index is 480. The molecule has 0 aliphatic heterocycles. The van der Waals surface area contributed by atoms with E-state index in [0.717, 1.165) is 12.0 Å². The number of nitrogens with two attached hydrogens (primary N) is 1. The molecule has 1 aromatic rings. The SMILES string of the molecule is CCCOc1ccc(S(N)(=O)=O)c(C)c1C. The third-order valence-corrected chi connectivity index (χ3v) is 3.51. The van der Waals surface area contributed by atoms with Crippen LogP contribution in [-0.2, 0) is 10.0 Å². The standard InChI is InChI=1S/C11H17NO3S/c1-4-7-15-10-5-6-11(16(12,13)14)9(3)8(10)2/h5-6H,4,7H2,1-3H3,(H2,12,13,14). The van der Waals surface area contributed by atoms with E-state index in [1.807, 2.05) is 13.8 Å². The first kappa shape index (κ1) is 13.0. The third-order valence-electron chi connectivity index (χ3n) is 2.46. The summed E-state index contributed by atoms with van der Waals surface area (Å²) in [5.74, 6) is 0.715. The van der Waals surface area contributed by atoms with Crippen LogP contribution in [0.25, 0.3) is 0 Å². The highest BCUT2D eigenvalue weighted by Crippen LogP contribution is 2.26. The number of ether oxygens (including phenoxy) is 1. The Labute approximate surface area is 96.5 Å². The van der Waals surface area contributed by atoms with Gasteiger partial charge in [-0.3, -0.25) is 0 Å². The maximum absolute atomic E-state index is 11.3. The van der Waals surface area contributed by atoms with E-state index in [1.54, 1.807) is 13.0 Å². The van der Waals surface area contributed by atoms with E-state index in [4.69, 9.17) is 9.88 Å². The number of hydrogen-bond acceptors (Lipinski definition) is 3. The Morgan fingerprint density at radius 2 is 1.88 bits per heavy atom. The van der Waals surface area contributed by atoms with Crippen LogP contribution in [0.3, 0.4) is 0 Å². The van der Waals surface area contributed by atoms with Gasteiger partial charge in [0.2, 0.25) is 10.0 Å². The van der Waals surface area contributed by atoms with Crippen molar-refractivity contribution in [1.82, 2.24) is 0 Å². The Balaban J connectivity index is 3.19. The molecule has 0 aliphatic rings. The fourth-order valence-corrected chi connectivity index (χ4v) is 2.29. The molecule has 90 valence electrons. The second kappa shape index (κ2) is 4.84. The van der Waals surface area contributed by atoms with Gasteiger partial charge in [-0.25, -0.2) is 13.6 Å². The highest BCUT2D eigenvalue weighted by molar-refractivity contribution is 7.89. The minimum absolute atomic E-state index is 0.161. The van der Waals surface area contributed by atoms with Gasteiger partial charge in [0.15, 0.2) is 0 Å². The first-order valence-electron chi connectivity index (χ1n) is 5.13. The summed E-state index contributed by atoms with van der Waals surface area (Å²) in [6.45, 7) is 6.19. The molecule has 0 atom stereocenters. The predicted octanol–water partition coefficient (Wildman–Crippen LogP) is 1.74. The van der Waals surface area contributed by atoms with Crippen LogP contribution in [0.4, 0.5) is 0 Å². The van der Waals surface area contributed by atoms with E-state index in [2.05, 4.69) is 0 Å². The summed E-state index contributed by atoms with van der Waals surface area (Å²) in [6.07, 6.45) is 0.912. The summed E-state index contributed by atoms with van der Waals surface area (Å²) in [5, 5.41) is 5.11. The zero-order valence-electron chi connectivity index (χ0n) is 9.78. The molecular weight excluding hydrogens is 226 g/mol. The average Bonchev–Trinajstić information content (AvgIpc) is 2.18. The molecule has 2 N–H and O–H groups in total. The van der Waals surface area contributed by atoms with Gasteiger partial charge in [0.05, 0.1) is 11.5 Å².